The summed E-state index contributed by atoms with van der Waals surface area (Å²) in [6, 6.07) is 3.68. The number of carbonyl (C=O) groups is 2. The Morgan fingerprint density at radius 2 is 1.00 bits per heavy atom. The van der Waals surface area contributed by atoms with Gasteiger partial charge in [0.2, 0.25) is 11.6 Å². The molecule has 0 heterocycles. The Balaban J connectivity index is 2.92. The predicted molar refractivity (Wildman–Crippen MR) is 47.1 cm³/mol. The first kappa shape index (κ1) is 12.4. The highest BCUT2D eigenvalue weighted by Gasteiger charge is 2.20. The molecule has 0 aromatic heterocycles. The maximum atomic E-state index is 12.0. The van der Waals surface area contributed by atoms with Gasteiger partial charge in [0.05, 0.1) is 0 Å². The van der Waals surface area contributed by atoms with Gasteiger partial charge in [0.1, 0.15) is 0 Å². The lowest BCUT2D eigenvalue weighted by atomic mass is 10.1. The fourth-order valence-electron chi connectivity index (χ4n) is 1.05. The molecule has 16 heavy (non-hydrogen) atoms. The summed E-state index contributed by atoms with van der Waals surface area (Å²) >= 11 is 0. The molecule has 0 spiro atoms. The molecule has 0 saturated carbocycles. The molecule has 86 valence electrons. The summed E-state index contributed by atoms with van der Waals surface area (Å²) in [5.41, 5.74) is -0.637. The van der Waals surface area contributed by atoms with Crippen molar-refractivity contribution >= 4 is 11.6 Å². The monoisotopic (exact) mass is 234 g/mol. The summed E-state index contributed by atoms with van der Waals surface area (Å²) in [5.74, 6) is -2.81. The van der Waals surface area contributed by atoms with Gasteiger partial charge in [-0.25, -0.2) is 17.6 Å². The van der Waals surface area contributed by atoms with Crippen LogP contribution in [0.2, 0.25) is 0 Å². The third kappa shape index (κ3) is 2.65. The molecule has 0 fully saturated rings. The van der Waals surface area contributed by atoms with Crippen LogP contribution < -0.4 is 0 Å². The number of rotatable bonds is 4. The molecule has 0 amide bonds. The predicted octanol–water partition coefficient (Wildman–Crippen LogP) is 2.58. The largest absolute Gasteiger partial charge is 0.300 e. The molecule has 0 aliphatic rings. The quantitative estimate of drug-likeness (QED) is 0.592. The van der Waals surface area contributed by atoms with Crippen molar-refractivity contribution in [3.63, 3.8) is 0 Å². The Morgan fingerprint density at radius 3 is 1.19 bits per heavy atom. The van der Waals surface area contributed by atoms with Gasteiger partial charge in [-0.1, -0.05) is 24.3 Å². The van der Waals surface area contributed by atoms with Crippen LogP contribution in [0.3, 0.4) is 0 Å². The van der Waals surface area contributed by atoms with E-state index in [9.17, 15) is 27.2 Å². The van der Waals surface area contributed by atoms with E-state index in [1.165, 1.54) is 0 Å². The highest BCUT2D eigenvalue weighted by atomic mass is 19.3. The first-order chi connectivity index (χ1) is 7.43. The minimum atomic E-state index is -3.16. The molecule has 0 bridgehead atoms. The molecule has 1 rings (SSSR count). The molecule has 0 N–H and O–H groups in total. The average molecular weight is 234 g/mol. The second-order valence-electron chi connectivity index (χ2n) is 2.91. The number of carbonyl (C=O) groups excluding carboxylic acids is 2. The van der Waals surface area contributed by atoms with E-state index < -0.39 is 24.4 Å². The van der Waals surface area contributed by atoms with E-state index in [0.29, 0.717) is 0 Å². The Labute approximate surface area is 87.9 Å². The SMILES string of the molecule is O=C(c1ccc(C(=O)C(F)F)cc1)C(F)F. The van der Waals surface area contributed by atoms with Crippen molar-refractivity contribution in [3.05, 3.63) is 35.4 Å². The van der Waals surface area contributed by atoms with Gasteiger partial charge in [0, 0.05) is 11.1 Å². The molecule has 0 aliphatic carbocycles. The number of hydrogen-bond acceptors (Lipinski definition) is 2. The van der Waals surface area contributed by atoms with Gasteiger partial charge >= 0.3 is 12.9 Å². The van der Waals surface area contributed by atoms with E-state index in [2.05, 4.69) is 0 Å². The molecular formula is C10H6F4O2. The fourth-order valence-corrected chi connectivity index (χ4v) is 1.05. The number of ketones is 2. The summed E-state index contributed by atoms with van der Waals surface area (Å²) in [7, 11) is 0. The van der Waals surface area contributed by atoms with Crippen molar-refractivity contribution in [1.29, 1.82) is 0 Å². The normalized spacial score (nSPS) is 10.9. The molecule has 0 radical (unpaired) electrons. The van der Waals surface area contributed by atoms with Crippen LogP contribution in [0.25, 0.3) is 0 Å². The van der Waals surface area contributed by atoms with Gasteiger partial charge in [0.25, 0.3) is 0 Å². The van der Waals surface area contributed by atoms with Crippen LogP contribution in [0.15, 0.2) is 24.3 Å². The zero-order chi connectivity index (χ0) is 12.3. The zero-order valence-electron chi connectivity index (χ0n) is 7.79. The van der Waals surface area contributed by atoms with Crippen molar-refractivity contribution in [2.75, 3.05) is 0 Å². The van der Waals surface area contributed by atoms with Crippen LogP contribution >= 0.6 is 0 Å². The van der Waals surface area contributed by atoms with Gasteiger partial charge in [-0.2, -0.15) is 0 Å². The minimum Gasteiger partial charge on any atom is -0.288 e. The lowest BCUT2D eigenvalue weighted by Gasteiger charge is -2.02. The van der Waals surface area contributed by atoms with Gasteiger partial charge < -0.3 is 0 Å². The first-order valence-electron chi connectivity index (χ1n) is 4.18. The molecule has 2 nitrogen and oxygen atoms in total. The Hall–Kier alpha value is -1.72. The smallest absolute Gasteiger partial charge is 0.288 e. The lowest BCUT2D eigenvalue weighted by molar-refractivity contribution is 0.0672. The Kier molecular flexibility index (Phi) is 3.76. The van der Waals surface area contributed by atoms with E-state index in [1.807, 2.05) is 0 Å². The van der Waals surface area contributed by atoms with Gasteiger partial charge in [-0.05, 0) is 0 Å². The van der Waals surface area contributed by atoms with Crippen molar-refractivity contribution in [2.45, 2.75) is 12.9 Å². The minimum absolute atomic E-state index is 0.319. The number of alkyl halides is 4. The maximum absolute atomic E-state index is 12.0. The standard InChI is InChI=1S/C10H6F4O2/c11-9(12)7(15)5-1-2-6(4-3-5)8(16)10(13)14/h1-4,9-10H. The second-order valence-corrected chi connectivity index (χ2v) is 2.91. The van der Waals surface area contributed by atoms with Crippen molar-refractivity contribution in [3.8, 4) is 0 Å². The van der Waals surface area contributed by atoms with Gasteiger partial charge in [-0.3, -0.25) is 9.59 Å². The summed E-state index contributed by atoms with van der Waals surface area (Å²) in [5, 5.41) is 0. The van der Waals surface area contributed by atoms with Crippen LogP contribution in [-0.4, -0.2) is 24.4 Å². The average Bonchev–Trinajstić information content (AvgIpc) is 2.27. The molecule has 0 aliphatic heterocycles. The van der Waals surface area contributed by atoms with E-state index in [0.717, 1.165) is 24.3 Å². The number of halogens is 4. The van der Waals surface area contributed by atoms with E-state index in [4.69, 9.17) is 0 Å². The van der Waals surface area contributed by atoms with Gasteiger partial charge in [-0.15, -0.1) is 0 Å². The third-order valence-electron chi connectivity index (χ3n) is 1.85. The topological polar surface area (TPSA) is 34.1 Å². The van der Waals surface area contributed by atoms with Crippen LogP contribution in [0, 0.1) is 0 Å². The molecule has 1 aromatic rings. The fraction of sp³-hybridized carbons (Fsp3) is 0.200. The first-order valence-corrected chi connectivity index (χ1v) is 4.18. The maximum Gasteiger partial charge on any atom is 0.300 e. The van der Waals surface area contributed by atoms with E-state index in [-0.39, 0.29) is 11.1 Å². The van der Waals surface area contributed by atoms with Crippen molar-refractivity contribution < 1.29 is 27.2 Å². The Morgan fingerprint density at radius 1 is 0.750 bits per heavy atom. The zero-order valence-corrected chi connectivity index (χ0v) is 7.79. The molecule has 0 atom stereocenters. The molecule has 0 saturated heterocycles. The third-order valence-corrected chi connectivity index (χ3v) is 1.85. The summed E-state index contributed by atoms with van der Waals surface area (Å²) in [6.45, 7) is 0. The van der Waals surface area contributed by atoms with E-state index >= 15 is 0 Å². The van der Waals surface area contributed by atoms with Crippen molar-refractivity contribution in [1.82, 2.24) is 0 Å². The van der Waals surface area contributed by atoms with Crippen LogP contribution in [0.1, 0.15) is 20.7 Å². The summed E-state index contributed by atoms with van der Waals surface area (Å²) < 4.78 is 47.9. The summed E-state index contributed by atoms with van der Waals surface area (Å²) in [6.07, 6.45) is -6.31. The van der Waals surface area contributed by atoms with Gasteiger partial charge in [0.15, 0.2) is 0 Å². The number of hydrogen-bond donors (Lipinski definition) is 0. The number of Topliss-reactive ketones (excluding diaryl/α,β-unsaturated/α-hetero) is 2. The van der Waals surface area contributed by atoms with Crippen LogP contribution in [0.4, 0.5) is 17.6 Å². The molecule has 0 unspecified atom stereocenters. The molecular weight excluding hydrogens is 228 g/mol. The summed E-state index contributed by atoms with van der Waals surface area (Å²) in [4.78, 5) is 21.6. The lowest BCUT2D eigenvalue weighted by Crippen LogP contribution is -2.12. The molecule has 6 heteroatoms. The van der Waals surface area contributed by atoms with E-state index in [1.54, 1.807) is 0 Å². The highest BCUT2D eigenvalue weighted by molar-refractivity contribution is 6.01. The Bertz CT molecular complexity index is 359. The second kappa shape index (κ2) is 4.87. The van der Waals surface area contributed by atoms with Crippen LogP contribution in [-0.2, 0) is 0 Å². The van der Waals surface area contributed by atoms with Crippen molar-refractivity contribution in [2.24, 2.45) is 0 Å². The highest BCUT2D eigenvalue weighted by Crippen LogP contribution is 2.12. The molecule has 1 aromatic carbocycles. The van der Waals surface area contributed by atoms with Crippen LogP contribution in [0.5, 0.6) is 0 Å². The number of benzene rings is 1.